The highest BCUT2D eigenvalue weighted by molar-refractivity contribution is 5.53. The fraction of sp³-hybridized carbons (Fsp3) is 0.938. The molecule has 1 aliphatic carbocycles. The number of aldehydes is 1. The molecule has 0 saturated heterocycles. The van der Waals surface area contributed by atoms with Gasteiger partial charge in [-0.25, -0.2) is 0 Å². The van der Waals surface area contributed by atoms with Crippen LogP contribution in [0.4, 0.5) is 0 Å². The molecule has 1 heteroatoms. The molecule has 1 saturated carbocycles. The standard InChI is InChI=1S/C16H30O/c1-14(2)7-5-3-4-6-8-15-9-11-16(13-17)12-10-15/h13-16H,3-12H2,1-2H3. The maximum absolute atomic E-state index is 10.7. The van der Waals surface area contributed by atoms with E-state index in [4.69, 9.17) is 0 Å². The van der Waals surface area contributed by atoms with Crippen molar-refractivity contribution < 1.29 is 4.79 Å². The van der Waals surface area contributed by atoms with E-state index in [0.717, 1.165) is 24.7 Å². The number of unbranched alkanes of at least 4 members (excludes halogenated alkanes) is 3. The van der Waals surface area contributed by atoms with Crippen LogP contribution in [0.3, 0.4) is 0 Å². The summed E-state index contributed by atoms with van der Waals surface area (Å²) in [5.41, 5.74) is 0. The monoisotopic (exact) mass is 238 g/mol. The summed E-state index contributed by atoms with van der Waals surface area (Å²) in [6.07, 6.45) is 14.5. The van der Waals surface area contributed by atoms with Crippen molar-refractivity contribution in [2.75, 3.05) is 0 Å². The second-order valence-electron chi connectivity index (χ2n) is 6.30. The fourth-order valence-electron chi connectivity index (χ4n) is 2.95. The first-order valence-electron chi connectivity index (χ1n) is 7.67. The topological polar surface area (TPSA) is 17.1 Å². The molecule has 1 aliphatic rings. The van der Waals surface area contributed by atoms with Gasteiger partial charge in [0.05, 0.1) is 0 Å². The molecular formula is C16H30O. The Morgan fingerprint density at radius 2 is 1.65 bits per heavy atom. The number of carbonyl (C=O) groups is 1. The lowest BCUT2D eigenvalue weighted by Gasteiger charge is -2.25. The molecule has 0 spiro atoms. The SMILES string of the molecule is CC(C)CCCCCCC1CCC(C=O)CC1. The Hall–Kier alpha value is -0.330. The van der Waals surface area contributed by atoms with Crippen molar-refractivity contribution in [3.05, 3.63) is 0 Å². The lowest BCUT2D eigenvalue weighted by molar-refractivity contribution is -0.112. The smallest absolute Gasteiger partial charge is 0.123 e. The summed E-state index contributed by atoms with van der Waals surface area (Å²) in [5, 5.41) is 0. The van der Waals surface area contributed by atoms with Crippen LogP contribution in [0.25, 0.3) is 0 Å². The van der Waals surface area contributed by atoms with E-state index in [1.807, 2.05) is 0 Å². The first kappa shape index (κ1) is 14.7. The van der Waals surface area contributed by atoms with Crippen LogP contribution in [0, 0.1) is 17.8 Å². The van der Waals surface area contributed by atoms with E-state index < -0.39 is 0 Å². The van der Waals surface area contributed by atoms with Gasteiger partial charge in [-0.05, 0) is 37.5 Å². The van der Waals surface area contributed by atoms with Gasteiger partial charge in [-0.15, -0.1) is 0 Å². The number of rotatable bonds is 8. The lowest BCUT2D eigenvalue weighted by atomic mass is 9.80. The van der Waals surface area contributed by atoms with Crippen molar-refractivity contribution in [1.82, 2.24) is 0 Å². The Kier molecular flexibility index (Phi) is 7.55. The average Bonchev–Trinajstić information content (AvgIpc) is 2.34. The zero-order chi connectivity index (χ0) is 12.5. The second-order valence-corrected chi connectivity index (χ2v) is 6.30. The van der Waals surface area contributed by atoms with Crippen LogP contribution in [0.5, 0.6) is 0 Å². The summed E-state index contributed by atoms with van der Waals surface area (Å²) in [7, 11) is 0. The molecule has 1 fully saturated rings. The highest BCUT2D eigenvalue weighted by Crippen LogP contribution is 2.31. The Bertz CT molecular complexity index is 190. The third kappa shape index (κ3) is 6.85. The van der Waals surface area contributed by atoms with E-state index in [-0.39, 0.29) is 0 Å². The number of hydrogen-bond acceptors (Lipinski definition) is 1. The summed E-state index contributed by atoms with van der Waals surface area (Å²) in [6.45, 7) is 4.62. The van der Waals surface area contributed by atoms with Crippen molar-refractivity contribution in [2.45, 2.75) is 78.1 Å². The van der Waals surface area contributed by atoms with Gasteiger partial charge in [0.2, 0.25) is 0 Å². The third-order valence-corrected chi connectivity index (χ3v) is 4.23. The van der Waals surface area contributed by atoms with Crippen LogP contribution >= 0.6 is 0 Å². The fourth-order valence-corrected chi connectivity index (χ4v) is 2.95. The highest BCUT2D eigenvalue weighted by atomic mass is 16.1. The van der Waals surface area contributed by atoms with Crippen LogP contribution in [0.1, 0.15) is 78.1 Å². The van der Waals surface area contributed by atoms with E-state index >= 15 is 0 Å². The first-order valence-corrected chi connectivity index (χ1v) is 7.67. The molecule has 0 atom stereocenters. The van der Waals surface area contributed by atoms with E-state index in [9.17, 15) is 4.79 Å². The molecule has 0 aromatic heterocycles. The maximum atomic E-state index is 10.7. The van der Waals surface area contributed by atoms with Gasteiger partial charge in [-0.2, -0.15) is 0 Å². The zero-order valence-corrected chi connectivity index (χ0v) is 11.8. The van der Waals surface area contributed by atoms with Gasteiger partial charge in [0, 0.05) is 5.92 Å². The molecule has 1 nitrogen and oxygen atoms in total. The Balaban J connectivity index is 1.91. The van der Waals surface area contributed by atoms with Gasteiger partial charge in [-0.3, -0.25) is 0 Å². The van der Waals surface area contributed by atoms with Crippen molar-refractivity contribution in [3.8, 4) is 0 Å². The summed E-state index contributed by atoms with van der Waals surface area (Å²) in [5.74, 6) is 2.18. The lowest BCUT2D eigenvalue weighted by Crippen LogP contribution is -2.15. The van der Waals surface area contributed by atoms with Crippen LogP contribution in [-0.2, 0) is 4.79 Å². The van der Waals surface area contributed by atoms with E-state index in [2.05, 4.69) is 13.8 Å². The molecule has 0 aliphatic heterocycles. The molecule has 100 valence electrons. The molecule has 0 aromatic rings. The van der Waals surface area contributed by atoms with E-state index in [1.54, 1.807) is 0 Å². The van der Waals surface area contributed by atoms with Gasteiger partial charge in [-0.1, -0.05) is 52.4 Å². The van der Waals surface area contributed by atoms with Crippen LogP contribution < -0.4 is 0 Å². The van der Waals surface area contributed by atoms with Gasteiger partial charge in [0.15, 0.2) is 0 Å². The van der Waals surface area contributed by atoms with Crippen molar-refractivity contribution in [2.24, 2.45) is 17.8 Å². The molecule has 0 aromatic carbocycles. The van der Waals surface area contributed by atoms with Crippen molar-refractivity contribution in [1.29, 1.82) is 0 Å². The summed E-state index contributed by atoms with van der Waals surface area (Å²) in [4.78, 5) is 10.7. The second kappa shape index (κ2) is 8.72. The predicted octanol–water partition coefficient (Wildman–Crippen LogP) is 4.99. The van der Waals surface area contributed by atoms with Crippen LogP contribution in [-0.4, -0.2) is 6.29 Å². The van der Waals surface area contributed by atoms with Crippen LogP contribution in [0.2, 0.25) is 0 Å². The molecular weight excluding hydrogens is 208 g/mol. The first-order chi connectivity index (χ1) is 8.22. The van der Waals surface area contributed by atoms with Crippen molar-refractivity contribution >= 4 is 6.29 Å². The predicted molar refractivity (Wildman–Crippen MR) is 74.1 cm³/mol. The van der Waals surface area contributed by atoms with Gasteiger partial charge in [0.1, 0.15) is 6.29 Å². The number of carbonyl (C=O) groups excluding carboxylic acids is 1. The normalized spacial score (nSPS) is 25.1. The zero-order valence-electron chi connectivity index (χ0n) is 11.8. The Morgan fingerprint density at radius 1 is 1.00 bits per heavy atom. The van der Waals surface area contributed by atoms with Gasteiger partial charge < -0.3 is 4.79 Å². The van der Waals surface area contributed by atoms with Gasteiger partial charge >= 0.3 is 0 Å². The number of hydrogen-bond donors (Lipinski definition) is 0. The molecule has 1 rings (SSSR count). The maximum Gasteiger partial charge on any atom is 0.123 e. The summed E-state index contributed by atoms with van der Waals surface area (Å²) < 4.78 is 0. The Morgan fingerprint density at radius 3 is 2.24 bits per heavy atom. The molecule has 0 heterocycles. The summed E-state index contributed by atoms with van der Waals surface area (Å²) in [6, 6.07) is 0. The minimum Gasteiger partial charge on any atom is -0.303 e. The highest BCUT2D eigenvalue weighted by Gasteiger charge is 2.19. The quantitative estimate of drug-likeness (QED) is 0.430. The third-order valence-electron chi connectivity index (χ3n) is 4.23. The molecule has 17 heavy (non-hydrogen) atoms. The van der Waals surface area contributed by atoms with Crippen LogP contribution in [0.15, 0.2) is 0 Å². The minimum atomic E-state index is 0.386. The van der Waals surface area contributed by atoms with E-state index in [1.165, 1.54) is 57.7 Å². The van der Waals surface area contributed by atoms with E-state index in [0.29, 0.717) is 5.92 Å². The molecule has 0 N–H and O–H groups in total. The Labute approximate surface area is 107 Å². The van der Waals surface area contributed by atoms with Crippen molar-refractivity contribution in [3.63, 3.8) is 0 Å². The average molecular weight is 238 g/mol. The largest absolute Gasteiger partial charge is 0.303 e. The van der Waals surface area contributed by atoms with Gasteiger partial charge in [0.25, 0.3) is 0 Å². The molecule has 0 bridgehead atoms. The molecule has 0 radical (unpaired) electrons. The summed E-state index contributed by atoms with van der Waals surface area (Å²) >= 11 is 0. The molecule has 0 unspecified atom stereocenters. The molecule has 0 amide bonds. The minimum absolute atomic E-state index is 0.386.